The number of nitrogens with zero attached hydrogens (tertiary/aromatic N) is 2. The van der Waals surface area contributed by atoms with Gasteiger partial charge in [-0.2, -0.15) is 0 Å². The zero-order valence-corrected chi connectivity index (χ0v) is 15.6. The number of rotatable bonds is 5. The Hall–Kier alpha value is -2.05. The van der Waals surface area contributed by atoms with Gasteiger partial charge in [0.1, 0.15) is 0 Å². The highest BCUT2D eigenvalue weighted by molar-refractivity contribution is 8.15. The van der Waals surface area contributed by atoms with E-state index in [1.165, 1.54) is 16.1 Å². The van der Waals surface area contributed by atoms with Crippen molar-refractivity contribution in [3.05, 3.63) is 78.4 Å². The van der Waals surface area contributed by atoms with Crippen LogP contribution in [0.3, 0.4) is 0 Å². The standard InChI is InChI=1S/C19H20N2O2S2/c1-3-13-20-19-21(14-18(24-19)16-7-5-4-6-8-16)25(22,23)17-11-9-15(2)10-12-17/h3-12,18H,1,13-14H2,2H3. The monoisotopic (exact) mass is 372 g/mol. The predicted molar refractivity (Wildman–Crippen MR) is 104 cm³/mol. The van der Waals surface area contributed by atoms with E-state index < -0.39 is 10.0 Å². The van der Waals surface area contributed by atoms with Gasteiger partial charge in [0.05, 0.1) is 23.2 Å². The molecule has 0 aliphatic carbocycles. The second kappa shape index (κ2) is 7.45. The summed E-state index contributed by atoms with van der Waals surface area (Å²) in [4.78, 5) is 4.71. The van der Waals surface area contributed by atoms with Gasteiger partial charge in [0.2, 0.25) is 0 Å². The van der Waals surface area contributed by atoms with Gasteiger partial charge in [0.15, 0.2) is 5.17 Å². The largest absolute Gasteiger partial charge is 0.265 e. The molecule has 2 aromatic rings. The highest BCUT2D eigenvalue weighted by Gasteiger charge is 2.38. The summed E-state index contributed by atoms with van der Waals surface area (Å²) >= 11 is 1.49. The normalized spacial score (nSPS) is 19.3. The summed E-state index contributed by atoms with van der Waals surface area (Å²) in [6.45, 7) is 6.37. The van der Waals surface area contributed by atoms with Crippen LogP contribution < -0.4 is 0 Å². The Morgan fingerprint density at radius 1 is 1.20 bits per heavy atom. The van der Waals surface area contributed by atoms with Crippen LogP contribution in [-0.2, 0) is 10.0 Å². The maximum atomic E-state index is 13.1. The van der Waals surface area contributed by atoms with Gasteiger partial charge in [0.25, 0.3) is 10.0 Å². The molecule has 0 amide bonds. The minimum absolute atomic E-state index is 0.0324. The number of thioether (sulfide) groups is 1. The van der Waals surface area contributed by atoms with Crippen LogP contribution in [0.1, 0.15) is 16.4 Å². The van der Waals surface area contributed by atoms with Gasteiger partial charge < -0.3 is 0 Å². The van der Waals surface area contributed by atoms with Gasteiger partial charge in [-0.15, -0.1) is 6.58 Å². The molecule has 2 aromatic carbocycles. The molecule has 4 nitrogen and oxygen atoms in total. The van der Waals surface area contributed by atoms with Crippen LogP contribution in [0.15, 0.2) is 77.1 Å². The fourth-order valence-electron chi connectivity index (χ4n) is 2.59. The number of benzene rings is 2. The summed E-state index contributed by atoms with van der Waals surface area (Å²) in [5.74, 6) is 0. The topological polar surface area (TPSA) is 49.7 Å². The minimum atomic E-state index is -3.63. The van der Waals surface area contributed by atoms with Crippen LogP contribution in [0, 0.1) is 6.92 Å². The molecule has 1 aliphatic rings. The van der Waals surface area contributed by atoms with Crippen molar-refractivity contribution in [1.29, 1.82) is 0 Å². The first kappa shape index (κ1) is 17.8. The van der Waals surface area contributed by atoms with Gasteiger partial charge in [-0.25, -0.2) is 12.7 Å². The van der Waals surface area contributed by atoms with E-state index in [-0.39, 0.29) is 5.25 Å². The summed E-state index contributed by atoms with van der Waals surface area (Å²) in [6, 6.07) is 16.8. The Labute approximate surface area is 153 Å². The molecule has 0 bridgehead atoms. The lowest BCUT2D eigenvalue weighted by Crippen LogP contribution is -2.32. The molecule has 0 radical (unpaired) electrons. The third-order valence-corrected chi connectivity index (χ3v) is 7.08. The van der Waals surface area contributed by atoms with Crippen LogP contribution >= 0.6 is 11.8 Å². The van der Waals surface area contributed by atoms with Crippen molar-refractivity contribution >= 4 is 27.0 Å². The zero-order chi connectivity index (χ0) is 17.9. The molecule has 0 saturated carbocycles. The van der Waals surface area contributed by atoms with E-state index in [9.17, 15) is 8.42 Å². The van der Waals surface area contributed by atoms with Gasteiger partial charge in [-0.1, -0.05) is 65.9 Å². The van der Waals surface area contributed by atoms with Crippen molar-refractivity contribution in [1.82, 2.24) is 4.31 Å². The van der Waals surface area contributed by atoms with E-state index in [1.54, 1.807) is 18.2 Å². The lowest BCUT2D eigenvalue weighted by Gasteiger charge is -2.18. The van der Waals surface area contributed by atoms with Crippen LogP contribution in [0.5, 0.6) is 0 Å². The molecule has 130 valence electrons. The summed E-state index contributed by atoms with van der Waals surface area (Å²) in [7, 11) is -3.63. The number of amidine groups is 1. The summed E-state index contributed by atoms with van der Waals surface area (Å²) in [6.07, 6.45) is 1.67. The third-order valence-electron chi connectivity index (χ3n) is 3.93. The molecule has 25 heavy (non-hydrogen) atoms. The second-order valence-corrected chi connectivity index (χ2v) is 8.81. The number of hydrogen-bond donors (Lipinski definition) is 0. The fourth-order valence-corrected chi connectivity index (χ4v) is 5.56. The van der Waals surface area contributed by atoms with E-state index in [1.807, 2.05) is 49.4 Å². The van der Waals surface area contributed by atoms with E-state index in [4.69, 9.17) is 0 Å². The molecule has 1 fully saturated rings. The van der Waals surface area contributed by atoms with Gasteiger partial charge in [-0.3, -0.25) is 4.99 Å². The first-order valence-electron chi connectivity index (χ1n) is 7.98. The highest BCUT2D eigenvalue weighted by Crippen LogP contribution is 2.40. The number of hydrogen-bond acceptors (Lipinski definition) is 4. The smallest absolute Gasteiger partial charge is 0.258 e. The Morgan fingerprint density at radius 2 is 1.88 bits per heavy atom. The molecule has 1 saturated heterocycles. The first-order chi connectivity index (χ1) is 12.0. The van der Waals surface area contributed by atoms with Crippen LogP contribution in [0.4, 0.5) is 0 Å². The van der Waals surface area contributed by atoms with Crippen molar-refractivity contribution in [2.75, 3.05) is 13.1 Å². The van der Waals surface area contributed by atoms with Crippen molar-refractivity contribution < 1.29 is 8.42 Å². The Bertz CT molecular complexity index is 875. The molecule has 1 aliphatic heterocycles. The average Bonchev–Trinajstić information content (AvgIpc) is 3.06. The SMILES string of the molecule is C=CCN=C1SC(c2ccccc2)CN1S(=O)(=O)c1ccc(C)cc1. The number of sulfonamides is 1. The van der Waals surface area contributed by atoms with Gasteiger partial charge >= 0.3 is 0 Å². The predicted octanol–water partition coefficient (Wildman–Crippen LogP) is 4.02. The fraction of sp³-hybridized carbons (Fsp3) is 0.211. The molecule has 3 rings (SSSR count). The molecule has 0 aromatic heterocycles. The molecular weight excluding hydrogens is 352 g/mol. The third kappa shape index (κ3) is 3.80. The minimum Gasteiger partial charge on any atom is -0.258 e. The van der Waals surface area contributed by atoms with Gasteiger partial charge in [0, 0.05) is 0 Å². The van der Waals surface area contributed by atoms with Gasteiger partial charge in [-0.05, 0) is 24.6 Å². The Kier molecular flexibility index (Phi) is 5.30. The highest BCUT2D eigenvalue weighted by atomic mass is 32.2. The molecule has 0 N–H and O–H groups in total. The summed E-state index contributed by atoms with van der Waals surface area (Å²) in [5.41, 5.74) is 2.12. The Morgan fingerprint density at radius 3 is 2.52 bits per heavy atom. The van der Waals surface area contributed by atoms with E-state index in [2.05, 4.69) is 11.6 Å². The zero-order valence-electron chi connectivity index (χ0n) is 14.0. The Balaban J connectivity index is 1.96. The lowest BCUT2D eigenvalue weighted by molar-refractivity contribution is 0.528. The maximum Gasteiger partial charge on any atom is 0.265 e. The molecule has 1 unspecified atom stereocenters. The number of aliphatic imine (C=N–C) groups is 1. The molecule has 1 atom stereocenters. The van der Waals surface area contributed by atoms with Crippen molar-refractivity contribution in [3.63, 3.8) is 0 Å². The van der Waals surface area contributed by atoms with Crippen LogP contribution in [-0.4, -0.2) is 31.0 Å². The first-order valence-corrected chi connectivity index (χ1v) is 10.3. The van der Waals surface area contributed by atoms with Crippen molar-refractivity contribution in [2.45, 2.75) is 17.1 Å². The maximum absolute atomic E-state index is 13.1. The molecule has 0 spiro atoms. The summed E-state index contributed by atoms with van der Waals surface area (Å²) in [5, 5.41) is 0.555. The summed E-state index contributed by atoms with van der Waals surface area (Å²) < 4.78 is 27.6. The molecular formula is C19H20N2O2S2. The number of aryl methyl sites for hydroxylation is 1. The van der Waals surface area contributed by atoms with Crippen LogP contribution in [0.2, 0.25) is 0 Å². The second-order valence-electron chi connectivity index (χ2n) is 5.78. The lowest BCUT2D eigenvalue weighted by atomic mass is 10.1. The molecule has 1 heterocycles. The van der Waals surface area contributed by atoms with Crippen LogP contribution in [0.25, 0.3) is 0 Å². The van der Waals surface area contributed by atoms with Crippen molar-refractivity contribution in [2.24, 2.45) is 4.99 Å². The van der Waals surface area contributed by atoms with E-state index in [0.29, 0.717) is 23.2 Å². The van der Waals surface area contributed by atoms with Crippen molar-refractivity contribution in [3.8, 4) is 0 Å². The van der Waals surface area contributed by atoms with E-state index in [0.717, 1.165) is 11.1 Å². The molecule has 6 heteroatoms. The average molecular weight is 373 g/mol. The van der Waals surface area contributed by atoms with E-state index >= 15 is 0 Å². The quantitative estimate of drug-likeness (QED) is 0.745.